The molecule has 1 heterocycles. The molecule has 6 nitrogen and oxygen atoms in total. The maximum absolute atomic E-state index is 12.6. The maximum atomic E-state index is 12.6. The van der Waals surface area contributed by atoms with Crippen LogP contribution in [0.4, 0.5) is 5.69 Å². The number of piperidine rings is 1. The summed E-state index contributed by atoms with van der Waals surface area (Å²) in [6, 6.07) is 15.0. The Bertz CT molecular complexity index is 814. The lowest BCUT2D eigenvalue weighted by Gasteiger charge is -2.23. The van der Waals surface area contributed by atoms with Gasteiger partial charge in [0.2, 0.25) is 0 Å². The van der Waals surface area contributed by atoms with Gasteiger partial charge in [0.1, 0.15) is 5.75 Å². The number of benzene rings is 2. The molecule has 2 aromatic rings. The van der Waals surface area contributed by atoms with E-state index in [2.05, 4.69) is 10.6 Å². The number of quaternary nitrogens is 1. The van der Waals surface area contributed by atoms with Crippen LogP contribution in [0, 0.1) is 0 Å². The third kappa shape index (κ3) is 6.32. The molecule has 0 saturated carbocycles. The zero-order chi connectivity index (χ0) is 20.5. The van der Waals surface area contributed by atoms with E-state index in [-0.39, 0.29) is 11.8 Å². The standard InChI is InChI=1S/C23H29N3O3/c1-29-19-11-9-18(10-12-19)13-14-24-23(28)20-7-3-4-8-21(20)25-22(27)17-26-15-5-2-6-16-26/h3-4,7-12H,2,5-6,13-17H2,1H3,(H,24,28)(H,25,27)/p+1. The van der Waals surface area contributed by atoms with Crippen molar-refractivity contribution in [2.75, 3.05) is 38.6 Å². The van der Waals surface area contributed by atoms with E-state index >= 15 is 0 Å². The lowest BCUT2D eigenvalue weighted by Crippen LogP contribution is -3.13. The van der Waals surface area contributed by atoms with E-state index in [4.69, 9.17) is 4.74 Å². The number of likely N-dealkylation sites (tertiary alicyclic amines) is 1. The summed E-state index contributed by atoms with van der Waals surface area (Å²) in [4.78, 5) is 26.4. The minimum absolute atomic E-state index is 0.0413. The first-order chi connectivity index (χ1) is 14.2. The van der Waals surface area contributed by atoms with Gasteiger partial charge in [0.05, 0.1) is 31.5 Å². The van der Waals surface area contributed by atoms with Crippen LogP contribution in [0.15, 0.2) is 48.5 Å². The predicted molar refractivity (Wildman–Crippen MR) is 114 cm³/mol. The van der Waals surface area contributed by atoms with Crippen LogP contribution in [0.3, 0.4) is 0 Å². The van der Waals surface area contributed by atoms with Crippen molar-refractivity contribution in [3.63, 3.8) is 0 Å². The molecular weight excluding hydrogens is 366 g/mol. The molecule has 1 fully saturated rings. The highest BCUT2D eigenvalue weighted by molar-refractivity contribution is 6.03. The first kappa shape index (κ1) is 20.9. The largest absolute Gasteiger partial charge is 0.497 e. The van der Waals surface area contributed by atoms with Crippen molar-refractivity contribution < 1.29 is 19.2 Å². The summed E-state index contributed by atoms with van der Waals surface area (Å²) in [5.74, 6) is 0.592. The highest BCUT2D eigenvalue weighted by Gasteiger charge is 2.19. The summed E-state index contributed by atoms with van der Waals surface area (Å²) in [6.07, 6.45) is 4.33. The van der Waals surface area contributed by atoms with Crippen LogP contribution in [0.1, 0.15) is 35.2 Å². The highest BCUT2D eigenvalue weighted by Crippen LogP contribution is 2.15. The van der Waals surface area contributed by atoms with Crippen molar-refractivity contribution >= 4 is 17.5 Å². The average molecular weight is 397 g/mol. The van der Waals surface area contributed by atoms with Gasteiger partial charge in [-0.1, -0.05) is 24.3 Å². The summed E-state index contributed by atoms with van der Waals surface area (Å²) in [6.45, 7) is 3.06. The fourth-order valence-corrected chi connectivity index (χ4v) is 3.65. The molecule has 1 aliphatic heterocycles. The molecule has 3 rings (SSSR count). The summed E-state index contributed by atoms with van der Waals surface area (Å²) >= 11 is 0. The van der Waals surface area contributed by atoms with E-state index in [0.717, 1.165) is 30.8 Å². The molecule has 1 saturated heterocycles. The molecule has 0 bridgehead atoms. The average Bonchev–Trinajstić information content (AvgIpc) is 2.75. The molecule has 2 aromatic carbocycles. The van der Waals surface area contributed by atoms with E-state index < -0.39 is 0 Å². The smallest absolute Gasteiger partial charge is 0.279 e. The van der Waals surface area contributed by atoms with Crippen molar-refractivity contribution in [1.82, 2.24) is 5.32 Å². The van der Waals surface area contributed by atoms with Crippen LogP contribution in [-0.4, -0.2) is 45.1 Å². The molecule has 3 N–H and O–H groups in total. The number of hydrogen-bond donors (Lipinski definition) is 3. The third-order valence-electron chi connectivity index (χ3n) is 5.28. The molecule has 0 aromatic heterocycles. The molecule has 6 heteroatoms. The molecule has 0 aliphatic carbocycles. The van der Waals surface area contributed by atoms with E-state index in [0.29, 0.717) is 24.3 Å². The van der Waals surface area contributed by atoms with Crippen LogP contribution >= 0.6 is 0 Å². The van der Waals surface area contributed by atoms with Gasteiger partial charge in [0.15, 0.2) is 6.54 Å². The number of para-hydroxylation sites is 1. The Morgan fingerprint density at radius 2 is 1.72 bits per heavy atom. The summed E-state index contributed by atoms with van der Waals surface area (Å²) < 4.78 is 5.16. The highest BCUT2D eigenvalue weighted by atomic mass is 16.5. The SMILES string of the molecule is COc1ccc(CCNC(=O)c2ccccc2NC(=O)C[NH+]2CCCCC2)cc1. The molecule has 0 unspecified atom stereocenters. The number of methoxy groups -OCH3 is 1. The Kier molecular flexibility index (Phi) is 7.64. The van der Waals surface area contributed by atoms with Crippen molar-refractivity contribution in [2.24, 2.45) is 0 Å². The van der Waals surface area contributed by atoms with Crippen molar-refractivity contribution in [1.29, 1.82) is 0 Å². The third-order valence-corrected chi connectivity index (χ3v) is 5.28. The Hall–Kier alpha value is -2.86. The number of anilines is 1. The number of rotatable bonds is 8. The topological polar surface area (TPSA) is 71.9 Å². The van der Waals surface area contributed by atoms with Crippen molar-refractivity contribution in [3.8, 4) is 5.75 Å². The van der Waals surface area contributed by atoms with E-state index in [1.165, 1.54) is 24.2 Å². The molecule has 2 amide bonds. The minimum atomic E-state index is -0.181. The molecular formula is C23H30N3O3+. The van der Waals surface area contributed by atoms with Gasteiger partial charge in [-0.05, 0) is 55.5 Å². The van der Waals surface area contributed by atoms with Gasteiger partial charge in [-0.3, -0.25) is 9.59 Å². The Labute approximate surface area is 172 Å². The normalized spacial score (nSPS) is 14.2. The fraction of sp³-hybridized carbons (Fsp3) is 0.391. The Balaban J connectivity index is 1.52. The molecule has 1 aliphatic rings. The molecule has 29 heavy (non-hydrogen) atoms. The molecule has 0 radical (unpaired) electrons. The van der Waals surface area contributed by atoms with Crippen molar-refractivity contribution in [2.45, 2.75) is 25.7 Å². The van der Waals surface area contributed by atoms with Crippen LogP contribution < -0.4 is 20.3 Å². The minimum Gasteiger partial charge on any atom is -0.497 e. The number of nitrogens with one attached hydrogen (secondary N) is 3. The first-order valence-corrected chi connectivity index (χ1v) is 10.3. The summed E-state index contributed by atoms with van der Waals surface area (Å²) in [7, 11) is 1.64. The number of carbonyl (C=O) groups excluding carboxylic acids is 2. The van der Waals surface area contributed by atoms with Gasteiger partial charge >= 0.3 is 0 Å². The van der Waals surface area contributed by atoms with Crippen LogP contribution in [0.2, 0.25) is 0 Å². The second-order valence-electron chi connectivity index (χ2n) is 7.44. The van der Waals surface area contributed by atoms with Gasteiger partial charge in [-0.2, -0.15) is 0 Å². The predicted octanol–water partition coefficient (Wildman–Crippen LogP) is 1.67. The lowest BCUT2D eigenvalue weighted by atomic mass is 10.1. The summed E-state index contributed by atoms with van der Waals surface area (Å²) in [5, 5.41) is 5.87. The first-order valence-electron chi connectivity index (χ1n) is 10.3. The van der Waals surface area contributed by atoms with Crippen LogP contribution in [0.5, 0.6) is 5.75 Å². The fourth-order valence-electron chi connectivity index (χ4n) is 3.65. The van der Waals surface area contributed by atoms with Crippen molar-refractivity contribution in [3.05, 3.63) is 59.7 Å². The van der Waals surface area contributed by atoms with Gasteiger partial charge in [0, 0.05) is 6.54 Å². The van der Waals surface area contributed by atoms with Crippen LogP contribution in [-0.2, 0) is 11.2 Å². The molecule has 0 atom stereocenters. The van der Waals surface area contributed by atoms with Gasteiger partial charge in [-0.25, -0.2) is 0 Å². The summed E-state index contributed by atoms with van der Waals surface area (Å²) in [5.41, 5.74) is 2.18. The Morgan fingerprint density at radius 1 is 1.00 bits per heavy atom. The number of carbonyl (C=O) groups is 2. The van der Waals surface area contributed by atoms with Gasteiger partial charge < -0.3 is 20.3 Å². The van der Waals surface area contributed by atoms with E-state index in [1.807, 2.05) is 36.4 Å². The second-order valence-corrected chi connectivity index (χ2v) is 7.44. The number of ether oxygens (including phenoxy) is 1. The lowest BCUT2D eigenvalue weighted by molar-refractivity contribution is -0.896. The van der Waals surface area contributed by atoms with Gasteiger partial charge in [0.25, 0.3) is 11.8 Å². The Morgan fingerprint density at radius 3 is 2.45 bits per heavy atom. The monoisotopic (exact) mass is 396 g/mol. The zero-order valence-electron chi connectivity index (χ0n) is 17.0. The maximum Gasteiger partial charge on any atom is 0.279 e. The van der Waals surface area contributed by atoms with E-state index in [1.54, 1.807) is 19.2 Å². The van der Waals surface area contributed by atoms with Gasteiger partial charge in [-0.15, -0.1) is 0 Å². The number of hydrogen-bond acceptors (Lipinski definition) is 3. The number of amides is 2. The molecule has 154 valence electrons. The second kappa shape index (κ2) is 10.6. The zero-order valence-corrected chi connectivity index (χ0v) is 17.0. The van der Waals surface area contributed by atoms with Crippen LogP contribution in [0.25, 0.3) is 0 Å². The van der Waals surface area contributed by atoms with E-state index in [9.17, 15) is 9.59 Å². The molecule has 0 spiro atoms. The quantitative estimate of drug-likeness (QED) is 0.636.